The fraction of sp³-hybridized carbons (Fsp3) is 0.500. The molecule has 0 bridgehead atoms. The number of rotatable bonds is 8. The lowest BCUT2D eigenvalue weighted by Gasteiger charge is -2.29. The van der Waals surface area contributed by atoms with Crippen LogP contribution in [0.1, 0.15) is 22.5 Å². The number of hydrogen-bond acceptors (Lipinski definition) is 7. The smallest absolute Gasteiger partial charge is 0.253 e. The van der Waals surface area contributed by atoms with Gasteiger partial charge in [-0.3, -0.25) is 4.79 Å². The third-order valence-electron chi connectivity index (χ3n) is 5.23. The number of aliphatic hydroxyl groups is 1. The van der Waals surface area contributed by atoms with Crippen LogP contribution in [0.2, 0.25) is 0 Å². The van der Waals surface area contributed by atoms with Gasteiger partial charge in [0.05, 0.1) is 6.54 Å². The number of carbonyl (C=O) groups excluding carboxylic acids is 1. The maximum absolute atomic E-state index is 12.8. The fourth-order valence-corrected chi connectivity index (χ4v) is 3.57. The molecule has 1 atom stereocenters. The molecule has 1 saturated heterocycles. The van der Waals surface area contributed by atoms with Crippen molar-refractivity contribution in [2.75, 3.05) is 58.8 Å². The lowest BCUT2D eigenvalue weighted by Crippen LogP contribution is -2.45. The van der Waals surface area contributed by atoms with Gasteiger partial charge in [-0.2, -0.15) is 0 Å². The van der Waals surface area contributed by atoms with Crippen molar-refractivity contribution >= 4 is 11.7 Å². The Balaban J connectivity index is 1.56. The first-order valence-electron chi connectivity index (χ1n) is 10.1. The molecule has 2 heterocycles. The maximum Gasteiger partial charge on any atom is 0.253 e. The highest BCUT2D eigenvalue weighted by atomic mass is 16.5. The highest BCUT2D eigenvalue weighted by Crippen LogP contribution is 2.26. The molecule has 1 amide bonds. The molecule has 3 rings (SSSR count). The Hall–Kier alpha value is -2.71. The summed E-state index contributed by atoms with van der Waals surface area (Å²) in [6.45, 7) is 4.71. The molecule has 1 fully saturated rings. The van der Waals surface area contributed by atoms with Crippen molar-refractivity contribution in [3.05, 3.63) is 47.9 Å². The van der Waals surface area contributed by atoms with Crippen LogP contribution in [0, 0.1) is 6.92 Å². The van der Waals surface area contributed by atoms with Gasteiger partial charge in [-0.1, -0.05) is 0 Å². The first-order valence-corrected chi connectivity index (χ1v) is 10.1. The molecule has 1 N–H and O–H groups in total. The van der Waals surface area contributed by atoms with Gasteiger partial charge < -0.3 is 24.5 Å². The summed E-state index contributed by atoms with van der Waals surface area (Å²) in [4.78, 5) is 26.9. The molecular weight excluding hydrogens is 382 g/mol. The standard InChI is InChI=1S/C22H31N5O3/c1-17-13-20(24-16-23-17)27-10-9-22(29,15-27)14-26(4)21(28)18-5-7-19(8-6-18)30-12-11-25(2)3/h5-8,13,16,29H,9-12,14-15H2,1-4H3. The SMILES string of the molecule is Cc1cc(N2CCC(O)(CN(C)C(=O)c3ccc(OCCN(C)C)cc3)C2)ncn1. The van der Waals surface area contributed by atoms with Crippen LogP contribution in [0.15, 0.2) is 36.7 Å². The third kappa shape index (κ3) is 5.67. The Kier molecular flexibility index (Phi) is 6.89. The Morgan fingerprint density at radius 2 is 1.97 bits per heavy atom. The summed E-state index contributed by atoms with van der Waals surface area (Å²) in [6, 6.07) is 9.04. The van der Waals surface area contributed by atoms with E-state index >= 15 is 0 Å². The predicted molar refractivity (Wildman–Crippen MR) is 116 cm³/mol. The lowest BCUT2D eigenvalue weighted by molar-refractivity contribution is 0.0264. The van der Waals surface area contributed by atoms with Crippen LogP contribution in [0.25, 0.3) is 0 Å². The summed E-state index contributed by atoms with van der Waals surface area (Å²) in [7, 11) is 5.71. The van der Waals surface area contributed by atoms with Crippen molar-refractivity contribution in [3.8, 4) is 5.75 Å². The van der Waals surface area contributed by atoms with Crippen LogP contribution in [-0.4, -0.2) is 90.3 Å². The summed E-state index contributed by atoms with van der Waals surface area (Å²) < 4.78 is 5.68. The molecule has 1 aromatic carbocycles. The Labute approximate surface area is 178 Å². The van der Waals surface area contributed by atoms with E-state index in [2.05, 4.69) is 9.97 Å². The summed E-state index contributed by atoms with van der Waals surface area (Å²) in [6.07, 6.45) is 2.11. The molecule has 1 aliphatic rings. The molecule has 1 unspecified atom stereocenters. The first kappa shape index (κ1) is 22.0. The summed E-state index contributed by atoms with van der Waals surface area (Å²) in [5, 5.41) is 11.0. The van der Waals surface area contributed by atoms with Crippen molar-refractivity contribution < 1.29 is 14.6 Å². The number of nitrogens with zero attached hydrogens (tertiary/aromatic N) is 5. The summed E-state index contributed by atoms with van der Waals surface area (Å²) in [5.41, 5.74) is 0.484. The van der Waals surface area contributed by atoms with Crippen LogP contribution in [0.3, 0.4) is 0 Å². The van der Waals surface area contributed by atoms with Gasteiger partial charge >= 0.3 is 0 Å². The van der Waals surface area contributed by atoms with Crippen molar-refractivity contribution in [1.29, 1.82) is 0 Å². The monoisotopic (exact) mass is 413 g/mol. The molecular formula is C22H31N5O3. The quantitative estimate of drug-likeness (QED) is 0.701. The van der Waals surface area contributed by atoms with E-state index in [0.717, 1.165) is 23.8 Å². The zero-order chi connectivity index (χ0) is 21.7. The number of β-amino-alcohol motifs (C(OH)–C–C–N with tert-alkyl or cyclic N) is 1. The van der Waals surface area contributed by atoms with Crippen LogP contribution in [0.4, 0.5) is 5.82 Å². The van der Waals surface area contributed by atoms with Gasteiger partial charge in [-0.15, -0.1) is 0 Å². The Morgan fingerprint density at radius 1 is 1.23 bits per heavy atom. The van der Waals surface area contributed by atoms with Crippen LogP contribution >= 0.6 is 0 Å². The molecule has 0 saturated carbocycles. The highest BCUT2D eigenvalue weighted by molar-refractivity contribution is 5.94. The summed E-state index contributed by atoms with van der Waals surface area (Å²) in [5.74, 6) is 1.41. The number of aromatic nitrogens is 2. The van der Waals surface area contributed by atoms with E-state index in [1.54, 1.807) is 36.2 Å². The van der Waals surface area contributed by atoms with Crippen molar-refractivity contribution in [3.63, 3.8) is 0 Å². The zero-order valence-corrected chi connectivity index (χ0v) is 18.2. The second-order valence-corrected chi connectivity index (χ2v) is 8.25. The number of likely N-dealkylation sites (N-methyl/N-ethyl adjacent to an activating group) is 2. The fourth-order valence-electron chi connectivity index (χ4n) is 3.57. The number of anilines is 1. The number of benzene rings is 1. The molecule has 2 aromatic rings. The molecule has 0 aliphatic carbocycles. The predicted octanol–water partition coefficient (Wildman–Crippen LogP) is 1.44. The number of amides is 1. The number of aryl methyl sites for hydroxylation is 1. The highest BCUT2D eigenvalue weighted by Gasteiger charge is 2.38. The zero-order valence-electron chi connectivity index (χ0n) is 18.2. The molecule has 1 aliphatic heterocycles. The molecule has 8 nitrogen and oxygen atoms in total. The third-order valence-corrected chi connectivity index (χ3v) is 5.23. The van der Waals surface area contributed by atoms with Gasteiger partial charge in [-0.05, 0) is 51.7 Å². The molecule has 30 heavy (non-hydrogen) atoms. The van der Waals surface area contributed by atoms with Gasteiger partial charge in [0.1, 0.15) is 30.1 Å². The molecule has 162 valence electrons. The van der Waals surface area contributed by atoms with E-state index in [1.807, 2.05) is 36.9 Å². The number of hydrogen-bond donors (Lipinski definition) is 1. The molecule has 0 spiro atoms. The van der Waals surface area contributed by atoms with Crippen LogP contribution in [0.5, 0.6) is 5.75 Å². The minimum atomic E-state index is -0.974. The van der Waals surface area contributed by atoms with Gasteiger partial charge in [0.2, 0.25) is 0 Å². The van der Waals surface area contributed by atoms with E-state index in [4.69, 9.17) is 4.74 Å². The normalized spacial score (nSPS) is 18.7. The van der Waals surface area contributed by atoms with Crippen molar-refractivity contribution in [1.82, 2.24) is 19.8 Å². The number of carbonyl (C=O) groups is 1. The summed E-state index contributed by atoms with van der Waals surface area (Å²) >= 11 is 0. The van der Waals surface area contributed by atoms with E-state index in [9.17, 15) is 9.90 Å². The van der Waals surface area contributed by atoms with Gasteiger partial charge in [0.15, 0.2) is 0 Å². The van der Waals surface area contributed by atoms with Crippen molar-refractivity contribution in [2.24, 2.45) is 0 Å². The van der Waals surface area contributed by atoms with Gasteiger partial charge in [0, 0.05) is 44.0 Å². The van der Waals surface area contributed by atoms with Crippen molar-refractivity contribution in [2.45, 2.75) is 18.9 Å². The van der Waals surface area contributed by atoms with E-state index in [0.29, 0.717) is 31.7 Å². The topological polar surface area (TPSA) is 82.0 Å². The number of ether oxygens (including phenoxy) is 1. The first-order chi connectivity index (χ1) is 14.3. The van der Waals surface area contributed by atoms with E-state index in [1.165, 1.54) is 6.33 Å². The largest absolute Gasteiger partial charge is 0.492 e. The minimum absolute atomic E-state index is 0.125. The lowest BCUT2D eigenvalue weighted by atomic mass is 10.0. The van der Waals surface area contributed by atoms with Gasteiger partial charge in [0.25, 0.3) is 5.91 Å². The van der Waals surface area contributed by atoms with E-state index < -0.39 is 5.60 Å². The average Bonchev–Trinajstić information content (AvgIpc) is 3.09. The second-order valence-electron chi connectivity index (χ2n) is 8.25. The van der Waals surface area contributed by atoms with Crippen LogP contribution < -0.4 is 9.64 Å². The molecule has 1 aromatic heterocycles. The van der Waals surface area contributed by atoms with E-state index in [-0.39, 0.29) is 12.5 Å². The molecule has 0 radical (unpaired) electrons. The second kappa shape index (κ2) is 9.40. The minimum Gasteiger partial charge on any atom is -0.492 e. The average molecular weight is 414 g/mol. The van der Waals surface area contributed by atoms with Crippen LogP contribution in [-0.2, 0) is 0 Å². The maximum atomic E-state index is 12.8. The molecule has 8 heteroatoms. The Bertz CT molecular complexity index is 858. The van der Waals surface area contributed by atoms with Gasteiger partial charge in [-0.25, -0.2) is 9.97 Å². The Morgan fingerprint density at radius 3 is 2.63 bits per heavy atom.